The topological polar surface area (TPSA) is 59.9 Å². The third-order valence-corrected chi connectivity index (χ3v) is 2.85. The van der Waals surface area contributed by atoms with E-state index in [2.05, 4.69) is 9.97 Å². The summed E-state index contributed by atoms with van der Waals surface area (Å²) in [6.45, 7) is 0. The molecule has 0 unspecified atom stereocenters. The largest absolute Gasteiger partial charge is 0.294 e. The molecule has 0 radical (unpaired) electrons. The van der Waals surface area contributed by atoms with E-state index in [-0.39, 0.29) is 0 Å². The van der Waals surface area contributed by atoms with Crippen molar-refractivity contribution in [1.29, 1.82) is 0 Å². The second-order valence-corrected chi connectivity index (χ2v) is 3.88. The molecule has 4 nitrogen and oxygen atoms in total. The van der Waals surface area contributed by atoms with Gasteiger partial charge in [-0.15, -0.1) is 0 Å². The van der Waals surface area contributed by atoms with Gasteiger partial charge in [-0.2, -0.15) is 0 Å². The number of carbonyl (C=O) groups is 2. The highest BCUT2D eigenvalue weighted by Gasteiger charge is 2.13. The molecule has 0 bridgehead atoms. The summed E-state index contributed by atoms with van der Waals surface area (Å²) in [5, 5.41) is 1.75. The highest BCUT2D eigenvalue weighted by atomic mass is 16.2. The number of hydrogen-bond acceptors (Lipinski definition) is 4. The lowest BCUT2D eigenvalue weighted by Gasteiger charge is -2.05. The Kier molecular flexibility index (Phi) is 2.34. The molecule has 0 aliphatic rings. The number of ketones is 1. The van der Waals surface area contributed by atoms with E-state index in [1.54, 1.807) is 24.5 Å². The second kappa shape index (κ2) is 4.00. The van der Waals surface area contributed by atoms with Gasteiger partial charge in [0.15, 0.2) is 6.29 Å². The Bertz CT molecular complexity index is 781. The highest BCUT2D eigenvalue weighted by molar-refractivity contribution is 6.37. The third kappa shape index (κ3) is 1.47. The molecular weight excluding hydrogens is 228 g/mol. The standard InChI is InChI=1S/C14H8N2O2/c17-8-13(18)11-7-12-9(3-1-5-15-12)10-4-2-6-16-14(10)11/h1-8H. The third-order valence-electron chi connectivity index (χ3n) is 2.85. The Morgan fingerprint density at radius 3 is 2.56 bits per heavy atom. The van der Waals surface area contributed by atoms with Crippen LogP contribution in [0.5, 0.6) is 0 Å². The molecule has 0 N–H and O–H groups in total. The number of pyridine rings is 2. The van der Waals surface area contributed by atoms with Gasteiger partial charge in [0.2, 0.25) is 5.78 Å². The van der Waals surface area contributed by atoms with Crippen molar-refractivity contribution in [2.24, 2.45) is 0 Å². The molecule has 0 aliphatic carbocycles. The number of aldehydes is 1. The van der Waals surface area contributed by atoms with Crippen molar-refractivity contribution in [3.05, 3.63) is 48.3 Å². The summed E-state index contributed by atoms with van der Waals surface area (Å²) in [4.78, 5) is 30.7. The van der Waals surface area contributed by atoms with Gasteiger partial charge in [-0.1, -0.05) is 12.1 Å². The predicted octanol–water partition coefficient (Wildman–Crippen LogP) is 2.16. The number of benzene rings is 1. The number of aromatic nitrogens is 2. The van der Waals surface area contributed by atoms with Gasteiger partial charge in [0, 0.05) is 23.2 Å². The van der Waals surface area contributed by atoms with Crippen LogP contribution in [0.25, 0.3) is 21.8 Å². The minimum absolute atomic E-state index is 0.298. The van der Waals surface area contributed by atoms with Crippen LogP contribution in [-0.4, -0.2) is 22.0 Å². The normalized spacial score (nSPS) is 10.7. The SMILES string of the molecule is O=CC(=O)c1cc2ncccc2c2cccnc12. The van der Waals surface area contributed by atoms with E-state index in [1.165, 1.54) is 0 Å². The molecule has 0 saturated carbocycles. The van der Waals surface area contributed by atoms with Crippen LogP contribution in [0.15, 0.2) is 42.7 Å². The van der Waals surface area contributed by atoms with Gasteiger partial charge in [-0.25, -0.2) is 0 Å². The monoisotopic (exact) mass is 236 g/mol. The molecule has 0 amide bonds. The summed E-state index contributed by atoms with van der Waals surface area (Å²) in [6.07, 6.45) is 3.56. The minimum Gasteiger partial charge on any atom is -0.294 e. The Hall–Kier alpha value is -2.62. The Balaban J connectivity index is 2.54. The fourth-order valence-corrected chi connectivity index (χ4v) is 2.05. The molecule has 3 aromatic rings. The number of fused-ring (bicyclic) bond motifs is 3. The van der Waals surface area contributed by atoms with Crippen LogP contribution in [0, 0.1) is 0 Å². The summed E-state index contributed by atoms with van der Waals surface area (Å²) in [5.74, 6) is -0.578. The van der Waals surface area contributed by atoms with Crippen LogP contribution < -0.4 is 0 Å². The van der Waals surface area contributed by atoms with Crippen molar-refractivity contribution < 1.29 is 9.59 Å². The summed E-state index contributed by atoms with van der Waals surface area (Å²) in [7, 11) is 0. The smallest absolute Gasteiger partial charge is 0.227 e. The van der Waals surface area contributed by atoms with Gasteiger partial charge in [0.05, 0.1) is 16.6 Å². The van der Waals surface area contributed by atoms with Gasteiger partial charge in [-0.05, 0) is 18.2 Å². The Labute approximate surface area is 102 Å². The number of Topliss-reactive ketones (excluding diaryl/α,β-unsaturated/α-hetero) is 1. The molecule has 0 atom stereocenters. The number of hydrogen-bond donors (Lipinski definition) is 0. The lowest BCUT2D eigenvalue weighted by Crippen LogP contribution is -2.02. The molecular formula is C14H8N2O2. The van der Waals surface area contributed by atoms with Crippen molar-refractivity contribution >= 4 is 33.9 Å². The molecule has 1 aromatic carbocycles. The van der Waals surface area contributed by atoms with E-state index < -0.39 is 5.78 Å². The maximum Gasteiger partial charge on any atom is 0.227 e. The van der Waals surface area contributed by atoms with Crippen molar-refractivity contribution in [2.45, 2.75) is 0 Å². The average Bonchev–Trinajstić information content (AvgIpc) is 2.45. The van der Waals surface area contributed by atoms with E-state index in [0.29, 0.717) is 22.9 Å². The van der Waals surface area contributed by atoms with E-state index in [0.717, 1.165) is 10.8 Å². The maximum atomic E-state index is 11.6. The van der Waals surface area contributed by atoms with Gasteiger partial charge in [0.1, 0.15) is 0 Å². The maximum absolute atomic E-state index is 11.6. The fourth-order valence-electron chi connectivity index (χ4n) is 2.05. The van der Waals surface area contributed by atoms with Crippen LogP contribution in [0.3, 0.4) is 0 Å². The number of nitrogens with zero attached hydrogens (tertiary/aromatic N) is 2. The zero-order valence-electron chi connectivity index (χ0n) is 9.33. The molecule has 0 fully saturated rings. The van der Waals surface area contributed by atoms with Crippen LogP contribution in [0.2, 0.25) is 0 Å². The Morgan fingerprint density at radius 2 is 1.78 bits per heavy atom. The molecule has 2 heterocycles. The van der Waals surface area contributed by atoms with Crippen molar-refractivity contribution in [2.75, 3.05) is 0 Å². The molecule has 0 aliphatic heterocycles. The van der Waals surface area contributed by atoms with Gasteiger partial charge in [-0.3, -0.25) is 19.6 Å². The molecule has 4 heteroatoms. The minimum atomic E-state index is -0.578. The zero-order valence-corrected chi connectivity index (χ0v) is 9.33. The number of rotatable bonds is 2. The van der Waals surface area contributed by atoms with Gasteiger partial charge >= 0.3 is 0 Å². The Morgan fingerprint density at radius 1 is 1.06 bits per heavy atom. The number of carbonyl (C=O) groups excluding carboxylic acids is 2. The van der Waals surface area contributed by atoms with Crippen LogP contribution in [0.1, 0.15) is 10.4 Å². The molecule has 3 rings (SSSR count). The van der Waals surface area contributed by atoms with Crippen molar-refractivity contribution in [1.82, 2.24) is 9.97 Å². The van der Waals surface area contributed by atoms with E-state index in [4.69, 9.17) is 0 Å². The predicted molar refractivity (Wildman–Crippen MR) is 67.4 cm³/mol. The first kappa shape index (κ1) is 10.5. The van der Waals surface area contributed by atoms with Crippen molar-refractivity contribution in [3.63, 3.8) is 0 Å². The van der Waals surface area contributed by atoms with E-state index >= 15 is 0 Å². The van der Waals surface area contributed by atoms with Crippen LogP contribution >= 0.6 is 0 Å². The van der Waals surface area contributed by atoms with Crippen LogP contribution in [0.4, 0.5) is 0 Å². The van der Waals surface area contributed by atoms with Gasteiger partial charge < -0.3 is 0 Å². The molecule has 0 saturated heterocycles. The first-order valence-electron chi connectivity index (χ1n) is 5.43. The summed E-state index contributed by atoms with van der Waals surface area (Å²) >= 11 is 0. The quantitative estimate of drug-likeness (QED) is 0.296. The average molecular weight is 236 g/mol. The zero-order chi connectivity index (χ0) is 12.5. The molecule has 2 aromatic heterocycles. The van der Waals surface area contributed by atoms with Crippen LogP contribution in [-0.2, 0) is 4.79 Å². The lowest BCUT2D eigenvalue weighted by atomic mass is 10.0. The van der Waals surface area contributed by atoms with E-state index in [1.807, 2.05) is 18.2 Å². The summed E-state index contributed by atoms with van der Waals surface area (Å²) in [5.41, 5.74) is 1.52. The molecule has 0 spiro atoms. The highest BCUT2D eigenvalue weighted by Crippen LogP contribution is 2.25. The fraction of sp³-hybridized carbons (Fsp3) is 0. The lowest BCUT2D eigenvalue weighted by molar-refractivity contribution is -0.104. The van der Waals surface area contributed by atoms with E-state index in [9.17, 15) is 9.59 Å². The summed E-state index contributed by atoms with van der Waals surface area (Å²) in [6, 6.07) is 9.02. The summed E-state index contributed by atoms with van der Waals surface area (Å²) < 4.78 is 0. The second-order valence-electron chi connectivity index (χ2n) is 3.88. The molecule has 86 valence electrons. The van der Waals surface area contributed by atoms with Gasteiger partial charge in [0.25, 0.3) is 0 Å². The first-order valence-corrected chi connectivity index (χ1v) is 5.43. The molecule has 18 heavy (non-hydrogen) atoms. The van der Waals surface area contributed by atoms with Crippen molar-refractivity contribution in [3.8, 4) is 0 Å². The first-order chi connectivity index (χ1) is 8.81.